The molecule has 0 saturated carbocycles. The molecule has 2 aromatic heterocycles. The lowest BCUT2D eigenvalue weighted by Crippen LogP contribution is -2.21. The number of aromatic nitrogens is 1. The van der Waals surface area contributed by atoms with E-state index in [1.165, 1.54) is 17.4 Å². The molecule has 4 nitrogen and oxygen atoms in total. The number of alkyl halides is 1. The molecule has 0 aliphatic heterocycles. The van der Waals surface area contributed by atoms with Gasteiger partial charge in [0.05, 0.1) is 28.4 Å². The molecule has 0 aliphatic carbocycles. The van der Waals surface area contributed by atoms with Crippen LogP contribution < -0.4 is 5.43 Å². The number of hydrogen-bond donors (Lipinski definition) is 0. The minimum absolute atomic E-state index is 0.0229. The predicted molar refractivity (Wildman–Crippen MR) is 89.5 cm³/mol. The Morgan fingerprint density at radius 2 is 2.22 bits per heavy atom. The summed E-state index contributed by atoms with van der Waals surface area (Å²) in [5.74, 6) is -1.73. The van der Waals surface area contributed by atoms with Gasteiger partial charge in [-0.25, -0.2) is 9.18 Å². The molecule has 0 fully saturated rings. The molecule has 120 valence electrons. The van der Waals surface area contributed by atoms with Gasteiger partial charge in [0.25, 0.3) is 0 Å². The lowest BCUT2D eigenvalue weighted by Gasteiger charge is -2.11. The monoisotopic (exact) mass is 373 g/mol. The molecule has 0 amide bonds. The highest BCUT2D eigenvalue weighted by Gasteiger charge is 2.24. The molecule has 0 spiro atoms. The van der Waals surface area contributed by atoms with Crippen LogP contribution in [0, 0.1) is 5.82 Å². The molecule has 0 atom stereocenters. The van der Waals surface area contributed by atoms with E-state index in [-0.39, 0.29) is 34.0 Å². The van der Waals surface area contributed by atoms with Crippen molar-refractivity contribution in [3.05, 3.63) is 49.8 Å². The van der Waals surface area contributed by atoms with Crippen LogP contribution in [-0.4, -0.2) is 17.0 Å². The Morgan fingerprint density at radius 1 is 1.48 bits per heavy atom. The standard InChI is InChI=1S/C15H10Cl2FNO3S/c1-2-22-15(21)11-13(20)10-7(6-16)12(18)8(17)5-9(10)19-3-4-23-14(11)19/h3-5H,2,6H2,1H3. The first-order valence-electron chi connectivity index (χ1n) is 6.66. The highest BCUT2D eigenvalue weighted by atomic mass is 35.5. The van der Waals surface area contributed by atoms with Crippen LogP contribution in [-0.2, 0) is 10.6 Å². The maximum atomic E-state index is 14.2. The number of rotatable bonds is 3. The Morgan fingerprint density at radius 3 is 2.87 bits per heavy atom. The molecule has 0 N–H and O–H groups in total. The van der Waals surface area contributed by atoms with Gasteiger partial charge in [-0.2, -0.15) is 0 Å². The average molecular weight is 374 g/mol. The SMILES string of the molecule is CCOC(=O)c1c(=O)c2c(CCl)c(F)c(Cl)cc2n2ccsc12. The van der Waals surface area contributed by atoms with Crippen LogP contribution in [0.3, 0.4) is 0 Å². The van der Waals surface area contributed by atoms with Gasteiger partial charge < -0.3 is 9.14 Å². The summed E-state index contributed by atoms with van der Waals surface area (Å²) in [6.07, 6.45) is 1.68. The fourth-order valence-electron chi connectivity index (χ4n) is 2.49. The third kappa shape index (κ3) is 2.41. The van der Waals surface area contributed by atoms with Crippen molar-refractivity contribution < 1.29 is 13.9 Å². The van der Waals surface area contributed by atoms with Crippen molar-refractivity contribution in [3.8, 4) is 0 Å². The number of ether oxygens (including phenoxy) is 1. The molecule has 0 unspecified atom stereocenters. The first kappa shape index (κ1) is 16.2. The number of fused-ring (bicyclic) bond motifs is 3. The molecule has 0 bridgehead atoms. The van der Waals surface area contributed by atoms with Crippen molar-refractivity contribution >= 4 is 56.2 Å². The van der Waals surface area contributed by atoms with Crippen molar-refractivity contribution in [2.75, 3.05) is 6.61 Å². The van der Waals surface area contributed by atoms with Gasteiger partial charge in [-0.1, -0.05) is 11.6 Å². The lowest BCUT2D eigenvalue weighted by atomic mass is 10.1. The van der Waals surface area contributed by atoms with Crippen molar-refractivity contribution in [2.45, 2.75) is 12.8 Å². The molecule has 3 rings (SSSR count). The topological polar surface area (TPSA) is 47.8 Å². The predicted octanol–water partition coefficient (Wildman–Crippen LogP) is 4.22. The first-order chi connectivity index (χ1) is 11.0. The van der Waals surface area contributed by atoms with E-state index in [2.05, 4.69) is 0 Å². The van der Waals surface area contributed by atoms with Gasteiger partial charge in [0.15, 0.2) is 0 Å². The second kappa shape index (κ2) is 6.11. The number of halogens is 3. The van der Waals surface area contributed by atoms with E-state index in [9.17, 15) is 14.0 Å². The maximum absolute atomic E-state index is 14.2. The van der Waals surface area contributed by atoms with Crippen molar-refractivity contribution in [1.82, 2.24) is 4.40 Å². The van der Waals surface area contributed by atoms with Crippen LogP contribution in [0.25, 0.3) is 15.7 Å². The van der Waals surface area contributed by atoms with Crippen LogP contribution in [0.2, 0.25) is 5.02 Å². The van der Waals surface area contributed by atoms with Crippen LogP contribution >= 0.6 is 34.5 Å². The number of carbonyl (C=O) groups excluding carboxylic acids is 1. The Bertz CT molecular complexity index is 996. The summed E-state index contributed by atoms with van der Waals surface area (Å²) in [4.78, 5) is 25.4. The summed E-state index contributed by atoms with van der Waals surface area (Å²) in [6, 6.07) is 1.36. The van der Waals surface area contributed by atoms with E-state index in [1.807, 2.05) is 0 Å². The Kier molecular flexibility index (Phi) is 4.31. The molecule has 0 saturated heterocycles. The summed E-state index contributed by atoms with van der Waals surface area (Å²) in [5.41, 5.74) is -0.346. The Balaban J connectivity index is 2.57. The first-order valence-corrected chi connectivity index (χ1v) is 8.45. The minimum Gasteiger partial charge on any atom is -0.462 e. The van der Waals surface area contributed by atoms with Crippen molar-refractivity contribution in [2.24, 2.45) is 0 Å². The van der Waals surface area contributed by atoms with E-state index in [0.29, 0.717) is 10.3 Å². The summed E-state index contributed by atoms with van der Waals surface area (Å²) < 4.78 is 20.8. The zero-order valence-corrected chi connectivity index (χ0v) is 14.2. The number of thiazole rings is 1. The third-order valence-corrected chi connectivity index (χ3v) is 4.87. The fourth-order valence-corrected chi connectivity index (χ4v) is 3.83. The van der Waals surface area contributed by atoms with E-state index in [4.69, 9.17) is 27.9 Å². The summed E-state index contributed by atoms with van der Waals surface area (Å²) in [5, 5.41) is 1.63. The van der Waals surface area contributed by atoms with Crippen molar-refractivity contribution in [3.63, 3.8) is 0 Å². The Labute approximate surface area is 144 Å². The molecule has 23 heavy (non-hydrogen) atoms. The highest BCUT2D eigenvalue weighted by molar-refractivity contribution is 7.16. The normalized spacial score (nSPS) is 11.3. The van der Waals surface area contributed by atoms with Gasteiger partial charge in [-0.3, -0.25) is 4.79 Å². The number of esters is 1. The van der Waals surface area contributed by atoms with Gasteiger partial charge in [-0.15, -0.1) is 22.9 Å². The lowest BCUT2D eigenvalue weighted by molar-refractivity contribution is 0.0527. The molecule has 1 aromatic carbocycles. The Hall–Kier alpha value is -1.63. The van der Waals surface area contributed by atoms with Crippen molar-refractivity contribution in [1.29, 1.82) is 0 Å². The third-order valence-electron chi connectivity index (χ3n) is 3.45. The largest absolute Gasteiger partial charge is 0.462 e. The zero-order chi connectivity index (χ0) is 16.7. The van der Waals surface area contributed by atoms with Crippen LogP contribution in [0.15, 0.2) is 22.4 Å². The highest BCUT2D eigenvalue weighted by Crippen LogP contribution is 2.30. The minimum atomic E-state index is -0.753. The van der Waals surface area contributed by atoms with E-state index < -0.39 is 17.2 Å². The quantitative estimate of drug-likeness (QED) is 0.509. The number of benzene rings is 1. The second-order valence-corrected chi connectivity index (χ2v) is 6.25. The summed E-state index contributed by atoms with van der Waals surface area (Å²) >= 11 is 12.9. The molecule has 3 aromatic rings. The number of hydrogen-bond acceptors (Lipinski definition) is 4. The molecular weight excluding hydrogens is 364 g/mol. The fraction of sp³-hybridized carbons (Fsp3) is 0.200. The van der Waals surface area contributed by atoms with Crippen LogP contribution in [0.5, 0.6) is 0 Å². The van der Waals surface area contributed by atoms with Crippen LogP contribution in [0.4, 0.5) is 4.39 Å². The summed E-state index contributed by atoms with van der Waals surface area (Å²) in [6.45, 7) is 1.77. The number of nitrogens with zero attached hydrogens (tertiary/aromatic N) is 1. The van der Waals surface area contributed by atoms with Crippen LogP contribution in [0.1, 0.15) is 22.8 Å². The van der Waals surface area contributed by atoms with E-state index in [0.717, 1.165) is 0 Å². The molecule has 8 heteroatoms. The van der Waals surface area contributed by atoms with Gasteiger partial charge in [0.1, 0.15) is 16.2 Å². The molecule has 2 heterocycles. The smallest absolute Gasteiger partial charge is 0.345 e. The number of pyridine rings is 1. The second-order valence-electron chi connectivity index (χ2n) is 4.68. The van der Waals surface area contributed by atoms with Gasteiger partial charge in [0, 0.05) is 17.1 Å². The summed E-state index contributed by atoms with van der Waals surface area (Å²) in [7, 11) is 0. The average Bonchev–Trinajstić information content (AvgIpc) is 2.98. The zero-order valence-electron chi connectivity index (χ0n) is 11.9. The number of carbonyl (C=O) groups is 1. The molecular formula is C15H10Cl2FNO3S. The van der Waals surface area contributed by atoms with E-state index >= 15 is 0 Å². The van der Waals surface area contributed by atoms with Gasteiger partial charge in [0.2, 0.25) is 5.43 Å². The maximum Gasteiger partial charge on any atom is 0.345 e. The molecule has 0 aliphatic rings. The van der Waals surface area contributed by atoms with Gasteiger partial charge >= 0.3 is 5.97 Å². The molecule has 0 radical (unpaired) electrons. The van der Waals surface area contributed by atoms with E-state index in [1.54, 1.807) is 22.9 Å². The van der Waals surface area contributed by atoms with Gasteiger partial charge in [-0.05, 0) is 13.0 Å².